The Hall–Kier alpha value is -2.19. The molecular weight excluding hydrogens is 326 g/mol. The molecule has 0 radical (unpaired) electrons. The molecule has 8 nitrogen and oxygen atoms in total. The number of benzene rings is 1. The number of aryl methyl sites for hydroxylation is 1. The number of carbonyl (C=O) groups excluding carboxylic acids is 1. The first kappa shape index (κ1) is 20.9. The number of hydrogen-bond acceptors (Lipinski definition) is 7. The van der Waals surface area contributed by atoms with Crippen LogP contribution >= 0.6 is 0 Å². The summed E-state index contributed by atoms with van der Waals surface area (Å²) in [6, 6.07) is 4.80. The third-order valence-corrected chi connectivity index (χ3v) is 3.55. The maximum absolute atomic E-state index is 12.1. The van der Waals surface area contributed by atoms with Crippen LogP contribution in [0.3, 0.4) is 0 Å². The minimum Gasteiger partial charge on any atom is -0.459 e. The molecule has 0 amide bonds. The van der Waals surface area contributed by atoms with Gasteiger partial charge in [0.05, 0.1) is 11.5 Å². The summed E-state index contributed by atoms with van der Waals surface area (Å²) in [4.78, 5) is 22.7. The molecule has 1 rings (SSSR count). The van der Waals surface area contributed by atoms with Gasteiger partial charge in [-0.2, -0.15) is 0 Å². The Labute approximate surface area is 147 Å². The molecule has 0 spiro atoms. The molecule has 25 heavy (non-hydrogen) atoms. The molecule has 0 saturated carbocycles. The first-order valence-electron chi connectivity index (χ1n) is 8.10. The fourth-order valence-corrected chi connectivity index (χ4v) is 2.20. The van der Waals surface area contributed by atoms with E-state index in [0.29, 0.717) is 18.7 Å². The first-order chi connectivity index (χ1) is 11.5. The van der Waals surface area contributed by atoms with Crippen molar-refractivity contribution in [1.29, 1.82) is 0 Å². The molecule has 0 heterocycles. The van der Waals surface area contributed by atoms with Crippen LogP contribution in [0.5, 0.6) is 0 Å². The van der Waals surface area contributed by atoms with Crippen LogP contribution in [0.15, 0.2) is 18.2 Å². The third-order valence-electron chi connectivity index (χ3n) is 3.55. The lowest BCUT2D eigenvalue weighted by atomic mass is 9.95. The van der Waals surface area contributed by atoms with Crippen molar-refractivity contribution in [3.63, 3.8) is 0 Å². The van der Waals surface area contributed by atoms with Crippen molar-refractivity contribution >= 4 is 17.3 Å². The number of nitrogens with two attached hydrogens (primary N) is 1. The largest absolute Gasteiger partial charge is 0.459 e. The average Bonchev–Trinajstić information content (AvgIpc) is 2.49. The summed E-state index contributed by atoms with van der Waals surface area (Å²) in [6.07, 6.45) is 0.617. The number of rotatable bonds is 8. The number of anilines is 1. The molecule has 1 unspecified atom stereocenters. The molecular formula is C17H27N3O5. The Balaban J connectivity index is 2.66. The summed E-state index contributed by atoms with van der Waals surface area (Å²) in [6.45, 7) is 6.84. The molecule has 0 aliphatic carbocycles. The lowest BCUT2D eigenvalue weighted by molar-refractivity contribution is -0.384. The Bertz CT molecular complexity index is 627. The van der Waals surface area contributed by atoms with E-state index in [4.69, 9.17) is 10.5 Å². The molecule has 140 valence electrons. The predicted octanol–water partition coefficient (Wildman–Crippen LogP) is 2.13. The van der Waals surface area contributed by atoms with Gasteiger partial charge in [0.2, 0.25) is 0 Å². The molecule has 4 N–H and O–H groups in total. The zero-order valence-corrected chi connectivity index (χ0v) is 15.2. The third kappa shape index (κ3) is 6.32. The highest BCUT2D eigenvalue weighted by molar-refractivity contribution is 5.81. The maximum Gasteiger partial charge on any atom is 0.329 e. The molecule has 1 aromatic carbocycles. The molecule has 0 aromatic heterocycles. The lowest BCUT2D eigenvalue weighted by Gasteiger charge is -2.29. The first-order valence-corrected chi connectivity index (χ1v) is 8.10. The minimum atomic E-state index is -1.49. The Morgan fingerprint density at radius 3 is 2.56 bits per heavy atom. The van der Waals surface area contributed by atoms with Gasteiger partial charge < -0.3 is 20.9 Å². The predicted molar refractivity (Wildman–Crippen MR) is 95.4 cm³/mol. The van der Waals surface area contributed by atoms with Crippen LogP contribution in [0.1, 0.15) is 39.2 Å². The van der Waals surface area contributed by atoms with Crippen LogP contribution in [-0.2, 0) is 9.53 Å². The Morgan fingerprint density at radius 2 is 2.04 bits per heavy atom. The van der Waals surface area contributed by atoms with E-state index in [0.717, 1.165) is 5.56 Å². The number of aliphatic hydroxyl groups is 1. The summed E-state index contributed by atoms with van der Waals surface area (Å²) < 4.78 is 5.24. The molecule has 0 fully saturated rings. The van der Waals surface area contributed by atoms with Crippen molar-refractivity contribution in [3.05, 3.63) is 33.9 Å². The van der Waals surface area contributed by atoms with E-state index in [-0.39, 0.29) is 12.1 Å². The summed E-state index contributed by atoms with van der Waals surface area (Å²) in [5.41, 5.74) is 5.07. The molecule has 1 atom stereocenters. The average molecular weight is 353 g/mol. The number of nitrogens with zero attached hydrogens (tertiary/aromatic N) is 1. The van der Waals surface area contributed by atoms with Gasteiger partial charge >= 0.3 is 5.97 Å². The topological polar surface area (TPSA) is 128 Å². The number of aliphatic hydroxyl groups excluding tert-OH is 1. The summed E-state index contributed by atoms with van der Waals surface area (Å²) in [5, 5.41) is 23.5. The number of nitro groups is 1. The number of ether oxygens (including phenoxy) is 1. The molecule has 1 aromatic rings. The lowest BCUT2D eigenvalue weighted by Crippen LogP contribution is -2.54. The number of carbonyl (C=O) groups is 1. The standard InChI is InChI=1S/C17H27N3O5/c1-12-6-7-14(20(23)24)13(10-12)19-9-5-8-17(18,11-21)15(22)25-16(2,3)4/h6-7,10,19,21H,5,8-9,11,18H2,1-4H3. The van der Waals surface area contributed by atoms with Crippen molar-refractivity contribution in [2.75, 3.05) is 18.5 Å². The van der Waals surface area contributed by atoms with Gasteiger partial charge in [0.25, 0.3) is 5.69 Å². The summed E-state index contributed by atoms with van der Waals surface area (Å²) >= 11 is 0. The molecule has 0 aliphatic rings. The van der Waals surface area contributed by atoms with Crippen molar-refractivity contribution < 1.29 is 19.6 Å². The van der Waals surface area contributed by atoms with Crippen molar-refractivity contribution in [3.8, 4) is 0 Å². The second kappa shape index (κ2) is 8.26. The van der Waals surface area contributed by atoms with Crippen LogP contribution in [0.4, 0.5) is 11.4 Å². The fourth-order valence-electron chi connectivity index (χ4n) is 2.20. The molecule has 0 saturated heterocycles. The van der Waals surface area contributed by atoms with Crippen LogP contribution in [-0.4, -0.2) is 40.3 Å². The minimum absolute atomic E-state index is 0.0149. The van der Waals surface area contributed by atoms with Crippen LogP contribution in [0.2, 0.25) is 0 Å². The number of nitro benzene ring substituents is 1. The quantitative estimate of drug-likeness (QED) is 0.283. The van der Waals surface area contributed by atoms with E-state index in [1.165, 1.54) is 6.07 Å². The van der Waals surface area contributed by atoms with Crippen LogP contribution in [0, 0.1) is 17.0 Å². The van der Waals surface area contributed by atoms with Crippen molar-refractivity contribution in [2.45, 2.75) is 51.7 Å². The summed E-state index contributed by atoms with van der Waals surface area (Å²) in [5.74, 6) is -0.663. The van der Waals surface area contributed by atoms with Crippen molar-refractivity contribution in [1.82, 2.24) is 0 Å². The number of nitrogens with one attached hydrogen (secondary N) is 1. The van der Waals surface area contributed by atoms with Gasteiger partial charge in [-0.1, -0.05) is 6.07 Å². The maximum atomic E-state index is 12.1. The smallest absolute Gasteiger partial charge is 0.329 e. The highest BCUT2D eigenvalue weighted by atomic mass is 16.6. The van der Waals surface area contributed by atoms with Gasteiger partial charge in [0.1, 0.15) is 16.8 Å². The normalized spacial score (nSPS) is 13.8. The van der Waals surface area contributed by atoms with E-state index in [1.807, 2.05) is 6.92 Å². The monoisotopic (exact) mass is 353 g/mol. The van der Waals surface area contributed by atoms with Gasteiger partial charge in [0, 0.05) is 12.6 Å². The van der Waals surface area contributed by atoms with Gasteiger partial charge in [-0.25, -0.2) is 4.79 Å². The van der Waals surface area contributed by atoms with Crippen molar-refractivity contribution in [2.24, 2.45) is 5.73 Å². The van der Waals surface area contributed by atoms with Crippen LogP contribution < -0.4 is 11.1 Å². The van der Waals surface area contributed by atoms with Gasteiger partial charge in [-0.3, -0.25) is 10.1 Å². The molecule has 8 heteroatoms. The van der Waals surface area contributed by atoms with Gasteiger partial charge in [0.15, 0.2) is 0 Å². The summed E-state index contributed by atoms with van der Waals surface area (Å²) in [7, 11) is 0. The van der Waals surface area contributed by atoms with Gasteiger partial charge in [-0.05, 0) is 52.2 Å². The number of hydrogen-bond donors (Lipinski definition) is 3. The molecule has 0 bridgehead atoms. The molecule has 0 aliphatic heterocycles. The highest BCUT2D eigenvalue weighted by Gasteiger charge is 2.37. The van der Waals surface area contributed by atoms with Gasteiger partial charge in [-0.15, -0.1) is 0 Å². The van der Waals surface area contributed by atoms with E-state index in [2.05, 4.69) is 5.32 Å². The number of esters is 1. The second-order valence-corrected chi connectivity index (χ2v) is 7.12. The van der Waals surface area contributed by atoms with E-state index in [1.54, 1.807) is 32.9 Å². The Morgan fingerprint density at radius 1 is 1.40 bits per heavy atom. The zero-order valence-electron chi connectivity index (χ0n) is 15.2. The fraction of sp³-hybridized carbons (Fsp3) is 0.588. The van der Waals surface area contributed by atoms with Crippen LogP contribution in [0.25, 0.3) is 0 Å². The van der Waals surface area contributed by atoms with E-state index >= 15 is 0 Å². The second-order valence-electron chi connectivity index (χ2n) is 7.12. The van der Waals surface area contributed by atoms with E-state index in [9.17, 15) is 20.0 Å². The van der Waals surface area contributed by atoms with E-state index < -0.39 is 28.6 Å². The zero-order chi connectivity index (χ0) is 19.3. The highest BCUT2D eigenvalue weighted by Crippen LogP contribution is 2.25. The Kier molecular flexibility index (Phi) is 6.89. The SMILES string of the molecule is Cc1ccc([N+](=O)[O-])c(NCCCC(N)(CO)C(=O)OC(C)(C)C)c1.